The van der Waals surface area contributed by atoms with E-state index < -0.39 is 15.3 Å². The highest BCUT2D eigenvalue weighted by molar-refractivity contribution is 7.93. The molecule has 0 bridgehead atoms. The van der Waals surface area contributed by atoms with Crippen LogP contribution in [0.4, 0.5) is 5.69 Å². The van der Waals surface area contributed by atoms with Crippen molar-refractivity contribution in [3.05, 3.63) is 23.2 Å². The van der Waals surface area contributed by atoms with Gasteiger partial charge in [-0.2, -0.15) is 0 Å². The van der Waals surface area contributed by atoms with Crippen LogP contribution in [0.5, 0.6) is 5.75 Å². The average Bonchev–Trinajstić information content (AvgIpc) is 2.38. The Balaban J connectivity index is 2.85. The lowest BCUT2D eigenvalue weighted by molar-refractivity contribution is 0.415. The molecule has 0 amide bonds. The van der Waals surface area contributed by atoms with Crippen molar-refractivity contribution in [1.29, 1.82) is 0 Å². The molecule has 1 aromatic carbocycles. The predicted molar refractivity (Wildman–Crippen MR) is 83.1 cm³/mol. The van der Waals surface area contributed by atoms with Crippen molar-refractivity contribution in [1.82, 2.24) is 5.32 Å². The molecule has 1 unspecified atom stereocenters. The van der Waals surface area contributed by atoms with E-state index >= 15 is 0 Å². The van der Waals surface area contributed by atoms with Gasteiger partial charge in [-0.3, -0.25) is 4.72 Å². The topological polar surface area (TPSA) is 67.4 Å². The first-order valence-corrected chi connectivity index (χ1v) is 8.27. The molecule has 5 nitrogen and oxygen atoms in total. The second-order valence-electron chi connectivity index (χ2n) is 4.87. The van der Waals surface area contributed by atoms with Gasteiger partial charge in [-0.25, -0.2) is 8.42 Å². The first-order valence-electron chi connectivity index (χ1n) is 6.35. The number of halogens is 1. The van der Waals surface area contributed by atoms with E-state index in [9.17, 15) is 8.42 Å². The van der Waals surface area contributed by atoms with E-state index in [0.29, 0.717) is 23.0 Å². The Morgan fingerprint density at radius 1 is 1.30 bits per heavy atom. The molecule has 2 N–H and O–H groups in total. The van der Waals surface area contributed by atoms with Crippen molar-refractivity contribution < 1.29 is 13.2 Å². The van der Waals surface area contributed by atoms with Gasteiger partial charge in [0.25, 0.3) is 0 Å². The Morgan fingerprint density at radius 2 is 1.95 bits per heavy atom. The van der Waals surface area contributed by atoms with Crippen LogP contribution in [0, 0.1) is 0 Å². The van der Waals surface area contributed by atoms with Crippen LogP contribution in [0.1, 0.15) is 20.8 Å². The molecule has 114 valence electrons. The minimum atomic E-state index is -3.51. The van der Waals surface area contributed by atoms with Crippen molar-refractivity contribution in [2.45, 2.75) is 32.1 Å². The van der Waals surface area contributed by atoms with Crippen LogP contribution in [0.25, 0.3) is 0 Å². The molecule has 0 spiro atoms. The molecule has 7 heteroatoms. The van der Waals surface area contributed by atoms with Crippen molar-refractivity contribution in [3.63, 3.8) is 0 Å². The number of hydrogen-bond donors (Lipinski definition) is 2. The van der Waals surface area contributed by atoms with Gasteiger partial charge in [0.2, 0.25) is 10.0 Å². The molecule has 0 fully saturated rings. The van der Waals surface area contributed by atoms with Crippen molar-refractivity contribution in [2.75, 3.05) is 18.4 Å². The summed E-state index contributed by atoms with van der Waals surface area (Å²) in [6, 6.07) is 5.05. The predicted octanol–water partition coefficient (Wildman–Crippen LogP) is 2.48. The fourth-order valence-electron chi connectivity index (χ4n) is 1.47. The van der Waals surface area contributed by atoms with E-state index in [1.165, 1.54) is 7.11 Å². The normalized spacial score (nSPS) is 13.3. The van der Waals surface area contributed by atoms with E-state index in [0.717, 1.165) is 0 Å². The van der Waals surface area contributed by atoms with Gasteiger partial charge in [-0.1, -0.05) is 25.4 Å². The summed E-state index contributed by atoms with van der Waals surface area (Å²) in [6.07, 6.45) is 0. The third kappa shape index (κ3) is 4.85. The number of sulfonamides is 1. The van der Waals surface area contributed by atoms with Crippen molar-refractivity contribution in [3.8, 4) is 5.75 Å². The van der Waals surface area contributed by atoms with Crippen LogP contribution < -0.4 is 14.8 Å². The highest BCUT2D eigenvalue weighted by Gasteiger charge is 2.21. The molecule has 0 heterocycles. The molecular formula is C13H21ClN2O3S. The van der Waals surface area contributed by atoms with Gasteiger partial charge < -0.3 is 10.1 Å². The minimum absolute atomic E-state index is 0.230. The minimum Gasteiger partial charge on any atom is -0.497 e. The van der Waals surface area contributed by atoms with Crippen LogP contribution in [0.15, 0.2) is 18.2 Å². The van der Waals surface area contributed by atoms with Crippen LogP contribution >= 0.6 is 11.6 Å². The van der Waals surface area contributed by atoms with Gasteiger partial charge in [0, 0.05) is 18.7 Å². The third-order valence-corrected chi connectivity index (χ3v) is 4.83. The largest absolute Gasteiger partial charge is 0.497 e. The summed E-state index contributed by atoms with van der Waals surface area (Å²) in [5.41, 5.74) is 0.322. The molecule has 0 aliphatic heterocycles. The third-order valence-electron chi connectivity index (χ3n) is 2.77. The molecule has 0 radical (unpaired) electrons. The number of ether oxygens (including phenoxy) is 1. The van der Waals surface area contributed by atoms with E-state index in [2.05, 4.69) is 10.0 Å². The van der Waals surface area contributed by atoms with Gasteiger partial charge >= 0.3 is 0 Å². The molecule has 0 aromatic heterocycles. The van der Waals surface area contributed by atoms with E-state index in [1.807, 2.05) is 13.8 Å². The van der Waals surface area contributed by atoms with E-state index in [1.54, 1.807) is 25.1 Å². The number of methoxy groups -OCH3 is 1. The molecule has 0 aliphatic carbocycles. The van der Waals surface area contributed by atoms with Crippen LogP contribution in [-0.4, -0.2) is 33.4 Å². The SMILES string of the molecule is COc1ccc(Cl)c(NS(=O)(=O)C(C)CNC(C)C)c1. The molecule has 0 aliphatic rings. The maximum Gasteiger partial charge on any atom is 0.236 e. The molecule has 1 rings (SSSR count). The van der Waals surface area contributed by atoms with Crippen molar-refractivity contribution in [2.24, 2.45) is 0 Å². The maximum absolute atomic E-state index is 12.2. The van der Waals surface area contributed by atoms with Gasteiger partial charge in [-0.15, -0.1) is 0 Å². The fraction of sp³-hybridized carbons (Fsp3) is 0.538. The number of benzene rings is 1. The number of rotatable bonds is 7. The summed E-state index contributed by atoms with van der Waals surface area (Å²) in [4.78, 5) is 0. The lowest BCUT2D eigenvalue weighted by Crippen LogP contribution is -2.37. The van der Waals surface area contributed by atoms with Gasteiger partial charge in [-0.05, 0) is 19.1 Å². The first-order chi connectivity index (χ1) is 9.26. The Hall–Kier alpha value is -0.980. The molecular weight excluding hydrogens is 300 g/mol. The monoisotopic (exact) mass is 320 g/mol. The Labute approximate surface area is 125 Å². The summed E-state index contributed by atoms with van der Waals surface area (Å²) < 4.78 is 32.0. The molecule has 20 heavy (non-hydrogen) atoms. The van der Waals surface area contributed by atoms with Gasteiger partial charge in [0.1, 0.15) is 5.75 Å². The molecule has 0 saturated carbocycles. The zero-order chi connectivity index (χ0) is 15.3. The van der Waals surface area contributed by atoms with E-state index in [4.69, 9.17) is 16.3 Å². The van der Waals surface area contributed by atoms with Gasteiger partial charge in [0.05, 0.1) is 23.1 Å². The second kappa shape index (κ2) is 7.15. The summed E-state index contributed by atoms with van der Waals surface area (Å²) in [7, 11) is -2.00. The summed E-state index contributed by atoms with van der Waals surface area (Å²) in [6.45, 7) is 5.94. The van der Waals surface area contributed by atoms with E-state index in [-0.39, 0.29) is 6.04 Å². The maximum atomic E-state index is 12.2. The van der Waals surface area contributed by atoms with Crippen LogP contribution in [-0.2, 0) is 10.0 Å². The highest BCUT2D eigenvalue weighted by Crippen LogP contribution is 2.28. The van der Waals surface area contributed by atoms with Crippen molar-refractivity contribution >= 4 is 27.3 Å². The molecule has 1 atom stereocenters. The summed E-state index contributed by atoms with van der Waals surface area (Å²) in [5.74, 6) is 0.542. The Kier molecular flexibility index (Phi) is 6.10. The number of nitrogens with one attached hydrogen (secondary N) is 2. The average molecular weight is 321 g/mol. The van der Waals surface area contributed by atoms with Gasteiger partial charge in [0.15, 0.2) is 0 Å². The quantitative estimate of drug-likeness (QED) is 0.810. The summed E-state index contributed by atoms with van der Waals surface area (Å²) in [5, 5.41) is 2.85. The van der Waals surface area contributed by atoms with Crippen LogP contribution in [0.3, 0.4) is 0 Å². The lowest BCUT2D eigenvalue weighted by Gasteiger charge is -2.18. The molecule has 1 aromatic rings. The number of anilines is 1. The standard InChI is InChI=1S/C13H21ClN2O3S/c1-9(2)15-8-10(3)20(17,18)16-13-7-11(19-4)5-6-12(13)14/h5-7,9-10,15-16H,8H2,1-4H3. The smallest absolute Gasteiger partial charge is 0.236 e. The number of hydrogen-bond acceptors (Lipinski definition) is 4. The Bertz CT molecular complexity index is 547. The zero-order valence-electron chi connectivity index (χ0n) is 12.1. The Morgan fingerprint density at radius 3 is 2.50 bits per heavy atom. The highest BCUT2D eigenvalue weighted by atomic mass is 35.5. The lowest BCUT2D eigenvalue weighted by atomic mass is 10.3. The second-order valence-corrected chi connectivity index (χ2v) is 7.37. The zero-order valence-corrected chi connectivity index (χ0v) is 13.7. The van der Waals surface area contributed by atoms with Crippen LogP contribution in [0.2, 0.25) is 5.02 Å². The molecule has 0 saturated heterocycles. The fourth-order valence-corrected chi connectivity index (χ4v) is 2.69. The first kappa shape index (κ1) is 17.1. The summed E-state index contributed by atoms with van der Waals surface area (Å²) >= 11 is 5.99.